The van der Waals surface area contributed by atoms with Crippen molar-refractivity contribution in [1.29, 1.82) is 0 Å². The van der Waals surface area contributed by atoms with E-state index in [1.807, 2.05) is 0 Å². The molecular formula is C26H34O4. The maximum Gasteiger partial charge on any atom is 0.122 e. The van der Waals surface area contributed by atoms with Crippen LogP contribution in [0.1, 0.15) is 59.8 Å². The predicted octanol–water partition coefficient (Wildman–Crippen LogP) is 6.03. The van der Waals surface area contributed by atoms with Gasteiger partial charge < -0.3 is 18.9 Å². The van der Waals surface area contributed by atoms with Crippen molar-refractivity contribution in [3.05, 3.63) is 46.5 Å². The van der Waals surface area contributed by atoms with Crippen molar-refractivity contribution in [2.45, 2.75) is 51.4 Å². The highest BCUT2D eigenvalue weighted by Crippen LogP contribution is 2.60. The van der Waals surface area contributed by atoms with E-state index < -0.39 is 0 Å². The summed E-state index contributed by atoms with van der Waals surface area (Å²) >= 11 is 0. The van der Waals surface area contributed by atoms with Gasteiger partial charge in [-0.1, -0.05) is 0 Å². The Morgan fingerprint density at radius 1 is 0.533 bits per heavy atom. The minimum atomic E-state index is 0.378. The molecule has 0 heterocycles. The van der Waals surface area contributed by atoms with Crippen LogP contribution in [-0.4, -0.2) is 28.4 Å². The molecule has 0 aliphatic heterocycles. The van der Waals surface area contributed by atoms with Gasteiger partial charge in [0.2, 0.25) is 0 Å². The average Bonchev–Trinajstić information content (AvgIpc) is 2.78. The molecule has 2 aromatic carbocycles. The van der Waals surface area contributed by atoms with Gasteiger partial charge in [0.15, 0.2) is 0 Å². The lowest BCUT2D eigenvalue weighted by molar-refractivity contribution is 0.110. The van der Waals surface area contributed by atoms with Crippen LogP contribution in [-0.2, 0) is 0 Å². The van der Waals surface area contributed by atoms with Crippen molar-refractivity contribution in [2.24, 2.45) is 11.8 Å². The van der Waals surface area contributed by atoms with Gasteiger partial charge in [0.1, 0.15) is 23.0 Å². The third-order valence-corrected chi connectivity index (χ3v) is 7.43. The molecule has 0 spiro atoms. The predicted molar refractivity (Wildman–Crippen MR) is 119 cm³/mol. The summed E-state index contributed by atoms with van der Waals surface area (Å²) in [5.41, 5.74) is 4.73. The second-order valence-corrected chi connectivity index (χ2v) is 8.85. The fourth-order valence-electron chi connectivity index (χ4n) is 6.01. The van der Waals surface area contributed by atoms with E-state index in [9.17, 15) is 0 Å². The van der Waals surface area contributed by atoms with E-state index >= 15 is 0 Å². The van der Waals surface area contributed by atoms with Crippen LogP contribution in [0, 0.1) is 25.7 Å². The highest BCUT2D eigenvalue weighted by atomic mass is 16.5. The average molecular weight is 411 g/mol. The molecular weight excluding hydrogens is 376 g/mol. The Hall–Kier alpha value is -2.36. The smallest absolute Gasteiger partial charge is 0.122 e. The molecule has 0 aromatic heterocycles. The van der Waals surface area contributed by atoms with Gasteiger partial charge in [-0.05, 0) is 98.6 Å². The largest absolute Gasteiger partial charge is 0.496 e. The Morgan fingerprint density at radius 2 is 0.867 bits per heavy atom. The van der Waals surface area contributed by atoms with Crippen LogP contribution in [0.4, 0.5) is 0 Å². The molecule has 30 heavy (non-hydrogen) atoms. The number of benzene rings is 2. The molecule has 3 aliphatic rings. The molecule has 3 fully saturated rings. The summed E-state index contributed by atoms with van der Waals surface area (Å²) in [6.45, 7) is 4.15. The summed E-state index contributed by atoms with van der Waals surface area (Å²) in [7, 11) is 7.04. The molecule has 2 bridgehead atoms. The van der Waals surface area contributed by atoms with E-state index in [1.165, 1.54) is 36.8 Å². The van der Waals surface area contributed by atoms with E-state index in [-0.39, 0.29) is 0 Å². The summed E-state index contributed by atoms with van der Waals surface area (Å²) in [5, 5.41) is 0. The van der Waals surface area contributed by atoms with Crippen LogP contribution in [0.25, 0.3) is 0 Å². The number of fused-ring (bicyclic) bond motifs is 3. The fraction of sp³-hybridized carbons (Fsp3) is 0.538. The number of ether oxygens (including phenoxy) is 4. The lowest BCUT2D eigenvalue weighted by Gasteiger charge is -2.50. The lowest BCUT2D eigenvalue weighted by Crippen LogP contribution is -2.37. The van der Waals surface area contributed by atoms with Gasteiger partial charge in [-0.25, -0.2) is 0 Å². The first-order chi connectivity index (χ1) is 14.5. The van der Waals surface area contributed by atoms with Gasteiger partial charge >= 0.3 is 0 Å². The van der Waals surface area contributed by atoms with E-state index in [2.05, 4.69) is 38.1 Å². The van der Waals surface area contributed by atoms with E-state index in [0.717, 1.165) is 34.1 Å². The summed E-state index contributed by atoms with van der Waals surface area (Å²) in [4.78, 5) is 0. The minimum absolute atomic E-state index is 0.378. The zero-order valence-corrected chi connectivity index (χ0v) is 19.1. The van der Waals surface area contributed by atoms with E-state index in [0.29, 0.717) is 23.7 Å². The second-order valence-electron chi connectivity index (χ2n) is 8.85. The highest BCUT2D eigenvalue weighted by molar-refractivity contribution is 5.53. The molecule has 4 heteroatoms. The van der Waals surface area contributed by atoms with Crippen molar-refractivity contribution in [2.75, 3.05) is 28.4 Å². The van der Waals surface area contributed by atoms with Crippen molar-refractivity contribution >= 4 is 0 Å². The van der Waals surface area contributed by atoms with Crippen LogP contribution >= 0.6 is 0 Å². The quantitative estimate of drug-likeness (QED) is 0.583. The molecule has 3 saturated carbocycles. The molecule has 5 rings (SSSR count). The molecule has 3 aliphatic carbocycles. The summed E-state index contributed by atoms with van der Waals surface area (Å²) in [5.74, 6) is 5.82. The van der Waals surface area contributed by atoms with Crippen LogP contribution in [0.5, 0.6) is 23.0 Å². The van der Waals surface area contributed by atoms with Gasteiger partial charge in [0.05, 0.1) is 28.4 Å². The summed E-state index contributed by atoms with van der Waals surface area (Å²) in [6.07, 6.45) is 5.10. The number of methoxy groups -OCH3 is 4. The third kappa shape index (κ3) is 3.40. The number of hydrogen-bond donors (Lipinski definition) is 0. The maximum atomic E-state index is 5.88. The molecule has 2 atom stereocenters. The van der Waals surface area contributed by atoms with Gasteiger partial charge in [-0.15, -0.1) is 0 Å². The molecule has 0 saturated heterocycles. The monoisotopic (exact) mass is 410 g/mol. The maximum absolute atomic E-state index is 5.88. The molecule has 0 unspecified atom stereocenters. The molecule has 0 amide bonds. The molecule has 0 N–H and O–H groups in total. The first-order valence-electron chi connectivity index (χ1n) is 11.0. The number of rotatable bonds is 6. The van der Waals surface area contributed by atoms with Crippen LogP contribution in [0.15, 0.2) is 24.3 Å². The van der Waals surface area contributed by atoms with Crippen LogP contribution in [0.3, 0.4) is 0 Å². The van der Waals surface area contributed by atoms with Gasteiger partial charge in [-0.2, -0.15) is 0 Å². The Kier molecular flexibility index (Phi) is 5.86. The zero-order valence-electron chi connectivity index (χ0n) is 19.1. The SMILES string of the molecule is COc1cc([C@@H]2C3CCC(CC3)[C@@H]2c2cc(OC)c(C)cc2OC)c(OC)cc1C. The molecule has 2 aromatic rings. The zero-order chi connectivity index (χ0) is 21.4. The van der Waals surface area contributed by atoms with E-state index in [4.69, 9.17) is 18.9 Å². The first kappa shape index (κ1) is 20.9. The number of hydrogen-bond acceptors (Lipinski definition) is 4. The lowest BCUT2D eigenvalue weighted by atomic mass is 9.55. The Labute approximate surface area is 180 Å². The number of aryl methyl sites for hydroxylation is 2. The summed E-state index contributed by atoms with van der Waals surface area (Å²) in [6, 6.07) is 8.68. The standard InChI is InChI=1S/C26H34O4/c1-15-11-23(29-5)19(13-21(15)27-3)25-17-7-9-18(10-8-17)26(25)20-14-22(28-4)16(2)12-24(20)30-6/h11-14,17-18,25-26H,7-10H2,1-6H3/t17?,18?,25-,26+. The normalized spacial score (nSPS) is 25.1. The Balaban J connectivity index is 1.90. The van der Waals surface area contributed by atoms with Crippen molar-refractivity contribution in [1.82, 2.24) is 0 Å². The van der Waals surface area contributed by atoms with E-state index in [1.54, 1.807) is 28.4 Å². The van der Waals surface area contributed by atoms with Gasteiger partial charge in [0, 0.05) is 11.1 Å². The third-order valence-electron chi connectivity index (χ3n) is 7.43. The minimum Gasteiger partial charge on any atom is -0.496 e. The summed E-state index contributed by atoms with van der Waals surface area (Å²) < 4.78 is 23.1. The molecule has 162 valence electrons. The highest BCUT2D eigenvalue weighted by Gasteiger charge is 2.47. The van der Waals surface area contributed by atoms with Crippen molar-refractivity contribution in [3.8, 4) is 23.0 Å². The Bertz CT molecular complexity index is 836. The Morgan fingerprint density at radius 3 is 1.17 bits per heavy atom. The topological polar surface area (TPSA) is 36.9 Å². The van der Waals surface area contributed by atoms with Crippen molar-refractivity contribution < 1.29 is 18.9 Å². The molecule has 4 nitrogen and oxygen atoms in total. The second kappa shape index (κ2) is 8.41. The van der Waals surface area contributed by atoms with Gasteiger partial charge in [-0.3, -0.25) is 0 Å². The van der Waals surface area contributed by atoms with Crippen LogP contribution in [0.2, 0.25) is 0 Å². The van der Waals surface area contributed by atoms with Crippen molar-refractivity contribution in [3.63, 3.8) is 0 Å². The van der Waals surface area contributed by atoms with Gasteiger partial charge in [0.25, 0.3) is 0 Å². The molecule has 0 radical (unpaired) electrons. The van der Waals surface area contributed by atoms with Crippen LogP contribution < -0.4 is 18.9 Å². The fourth-order valence-corrected chi connectivity index (χ4v) is 6.01. The first-order valence-corrected chi connectivity index (χ1v) is 11.0.